The van der Waals surface area contributed by atoms with Crippen molar-refractivity contribution in [3.05, 3.63) is 0 Å². The van der Waals surface area contributed by atoms with Crippen LogP contribution in [-0.4, -0.2) is 26.0 Å². The van der Waals surface area contributed by atoms with E-state index in [9.17, 15) is 4.79 Å². The van der Waals surface area contributed by atoms with Crippen LogP contribution in [0.4, 0.5) is 0 Å². The van der Waals surface area contributed by atoms with Crippen LogP contribution in [0.15, 0.2) is 0 Å². The van der Waals surface area contributed by atoms with Crippen LogP contribution in [0.2, 0.25) is 0 Å². The number of carbonyl (C=O) groups excluding carboxylic acids is 1. The Morgan fingerprint density at radius 2 is 1.69 bits per heavy atom. The SMILES string of the molecule is CNCCCNC(=O)C1CCCCCCC1. The van der Waals surface area contributed by atoms with Gasteiger partial charge in [-0.1, -0.05) is 32.1 Å². The van der Waals surface area contributed by atoms with Gasteiger partial charge >= 0.3 is 0 Å². The summed E-state index contributed by atoms with van der Waals surface area (Å²) in [4.78, 5) is 11.9. The quantitative estimate of drug-likeness (QED) is 0.705. The van der Waals surface area contributed by atoms with Gasteiger partial charge in [-0.2, -0.15) is 0 Å². The molecule has 0 unspecified atom stereocenters. The number of amides is 1. The lowest BCUT2D eigenvalue weighted by molar-refractivity contribution is -0.125. The van der Waals surface area contributed by atoms with Crippen molar-refractivity contribution in [3.8, 4) is 0 Å². The second kappa shape index (κ2) is 8.57. The molecule has 0 radical (unpaired) electrons. The number of hydrogen-bond acceptors (Lipinski definition) is 2. The van der Waals surface area contributed by atoms with E-state index in [2.05, 4.69) is 10.6 Å². The normalized spacial score (nSPS) is 18.8. The van der Waals surface area contributed by atoms with Crippen molar-refractivity contribution in [2.45, 2.75) is 51.4 Å². The molecule has 1 amide bonds. The van der Waals surface area contributed by atoms with Crippen LogP contribution in [0, 0.1) is 5.92 Å². The van der Waals surface area contributed by atoms with Crippen LogP contribution >= 0.6 is 0 Å². The summed E-state index contributed by atoms with van der Waals surface area (Å²) in [5.74, 6) is 0.577. The Morgan fingerprint density at radius 3 is 2.31 bits per heavy atom. The van der Waals surface area contributed by atoms with Crippen molar-refractivity contribution in [3.63, 3.8) is 0 Å². The molecule has 0 aromatic heterocycles. The summed E-state index contributed by atoms with van der Waals surface area (Å²) in [6.07, 6.45) is 9.65. The van der Waals surface area contributed by atoms with Crippen molar-refractivity contribution in [2.24, 2.45) is 5.92 Å². The zero-order valence-electron chi connectivity index (χ0n) is 10.6. The van der Waals surface area contributed by atoms with Gasteiger partial charge in [-0.25, -0.2) is 0 Å². The number of hydrogen-bond donors (Lipinski definition) is 2. The average molecular weight is 226 g/mol. The third-order valence-electron chi connectivity index (χ3n) is 3.38. The summed E-state index contributed by atoms with van der Waals surface area (Å²) in [6, 6.07) is 0. The van der Waals surface area contributed by atoms with Gasteiger partial charge < -0.3 is 10.6 Å². The molecule has 0 aliphatic heterocycles. The third kappa shape index (κ3) is 5.50. The van der Waals surface area contributed by atoms with E-state index in [0.717, 1.165) is 32.4 Å². The van der Waals surface area contributed by atoms with Gasteiger partial charge in [-0.3, -0.25) is 4.79 Å². The molecule has 0 heterocycles. The first-order valence-electron chi connectivity index (χ1n) is 6.77. The van der Waals surface area contributed by atoms with E-state index in [1.54, 1.807) is 0 Å². The topological polar surface area (TPSA) is 41.1 Å². The predicted molar refractivity (Wildman–Crippen MR) is 67.4 cm³/mol. The molecule has 1 fully saturated rings. The van der Waals surface area contributed by atoms with E-state index in [4.69, 9.17) is 0 Å². The first-order valence-corrected chi connectivity index (χ1v) is 6.77. The van der Waals surface area contributed by atoms with Crippen LogP contribution in [0.5, 0.6) is 0 Å². The summed E-state index contributed by atoms with van der Waals surface area (Å²) >= 11 is 0. The lowest BCUT2D eigenvalue weighted by Gasteiger charge is -2.19. The van der Waals surface area contributed by atoms with Crippen LogP contribution in [-0.2, 0) is 4.79 Å². The molecule has 0 saturated heterocycles. The molecule has 1 aliphatic carbocycles. The Morgan fingerprint density at radius 1 is 1.06 bits per heavy atom. The largest absolute Gasteiger partial charge is 0.356 e. The Labute approximate surface area is 99.4 Å². The standard InChI is InChI=1S/C13H26N2O/c1-14-10-7-11-15-13(16)12-8-5-3-2-4-6-9-12/h12,14H,2-11H2,1H3,(H,15,16). The van der Waals surface area contributed by atoms with Gasteiger partial charge in [-0.15, -0.1) is 0 Å². The molecule has 94 valence electrons. The highest BCUT2D eigenvalue weighted by Crippen LogP contribution is 2.22. The highest BCUT2D eigenvalue weighted by molar-refractivity contribution is 5.78. The van der Waals surface area contributed by atoms with Crippen molar-refractivity contribution >= 4 is 5.91 Å². The van der Waals surface area contributed by atoms with Crippen molar-refractivity contribution < 1.29 is 4.79 Å². The van der Waals surface area contributed by atoms with E-state index in [0.29, 0.717) is 0 Å². The summed E-state index contributed by atoms with van der Waals surface area (Å²) in [5.41, 5.74) is 0. The van der Waals surface area contributed by atoms with E-state index >= 15 is 0 Å². The van der Waals surface area contributed by atoms with Gasteiger partial charge in [-0.05, 0) is 32.9 Å². The van der Waals surface area contributed by atoms with E-state index in [1.165, 1.54) is 32.1 Å². The van der Waals surface area contributed by atoms with Crippen molar-refractivity contribution in [1.82, 2.24) is 10.6 Å². The molecule has 0 spiro atoms. The van der Waals surface area contributed by atoms with Crippen LogP contribution in [0.25, 0.3) is 0 Å². The first kappa shape index (κ1) is 13.5. The average Bonchev–Trinajstić information content (AvgIpc) is 2.23. The molecule has 1 aliphatic rings. The van der Waals surface area contributed by atoms with Gasteiger partial charge in [0, 0.05) is 12.5 Å². The highest BCUT2D eigenvalue weighted by atomic mass is 16.1. The monoisotopic (exact) mass is 226 g/mol. The molecule has 16 heavy (non-hydrogen) atoms. The smallest absolute Gasteiger partial charge is 0.223 e. The van der Waals surface area contributed by atoms with Gasteiger partial charge in [0.05, 0.1) is 0 Å². The zero-order valence-corrected chi connectivity index (χ0v) is 10.6. The summed E-state index contributed by atoms with van der Waals surface area (Å²) in [7, 11) is 1.94. The van der Waals surface area contributed by atoms with Gasteiger partial charge in [0.1, 0.15) is 0 Å². The molecule has 2 N–H and O–H groups in total. The lowest BCUT2D eigenvalue weighted by atomic mass is 9.90. The fourth-order valence-electron chi connectivity index (χ4n) is 2.34. The molecular weight excluding hydrogens is 200 g/mol. The second-order valence-corrected chi connectivity index (χ2v) is 4.79. The van der Waals surface area contributed by atoms with E-state index < -0.39 is 0 Å². The highest BCUT2D eigenvalue weighted by Gasteiger charge is 2.18. The third-order valence-corrected chi connectivity index (χ3v) is 3.38. The fraction of sp³-hybridized carbons (Fsp3) is 0.923. The van der Waals surface area contributed by atoms with Gasteiger partial charge in [0.15, 0.2) is 0 Å². The molecule has 1 saturated carbocycles. The molecular formula is C13H26N2O. The minimum absolute atomic E-state index is 0.287. The van der Waals surface area contributed by atoms with Crippen LogP contribution < -0.4 is 10.6 Å². The van der Waals surface area contributed by atoms with Gasteiger partial charge in [0.2, 0.25) is 5.91 Å². The Bertz CT molecular complexity index is 186. The molecule has 0 atom stereocenters. The molecule has 0 aromatic rings. The maximum absolute atomic E-state index is 11.9. The number of nitrogens with one attached hydrogen (secondary N) is 2. The zero-order chi connectivity index (χ0) is 11.6. The minimum Gasteiger partial charge on any atom is -0.356 e. The molecule has 3 nitrogen and oxygen atoms in total. The van der Waals surface area contributed by atoms with E-state index in [1.807, 2.05) is 7.05 Å². The predicted octanol–water partition coefficient (Wildman–Crippen LogP) is 2.07. The van der Waals surface area contributed by atoms with E-state index in [-0.39, 0.29) is 11.8 Å². The molecule has 0 aromatic carbocycles. The molecule has 0 bridgehead atoms. The maximum atomic E-state index is 11.9. The maximum Gasteiger partial charge on any atom is 0.223 e. The van der Waals surface area contributed by atoms with Crippen molar-refractivity contribution in [2.75, 3.05) is 20.1 Å². The number of rotatable bonds is 5. The van der Waals surface area contributed by atoms with Crippen molar-refractivity contribution in [1.29, 1.82) is 0 Å². The Hall–Kier alpha value is -0.570. The van der Waals surface area contributed by atoms with Crippen LogP contribution in [0.3, 0.4) is 0 Å². The van der Waals surface area contributed by atoms with Crippen LogP contribution in [0.1, 0.15) is 51.4 Å². The summed E-state index contributed by atoms with van der Waals surface area (Å²) < 4.78 is 0. The Balaban J connectivity index is 2.17. The Kier molecular flexibility index (Phi) is 7.23. The summed E-state index contributed by atoms with van der Waals surface area (Å²) in [5, 5.41) is 6.14. The first-order chi connectivity index (χ1) is 7.84. The molecule has 3 heteroatoms. The lowest BCUT2D eigenvalue weighted by Crippen LogP contribution is -2.32. The fourth-order valence-corrected chi connectivity index (χ4v) is 2.34. The summed E-state index contributed by atoms with van der Waals surface area (Å²) in [6.45, 7) is 1.79. The van der Waals surface area contributed by atoms with Gasteiger partial charge in [0.25, 0.3) is 0 Å². The second-order valence-electron chi connectivity index (χ2n) is 4.79. The number of carbonyl (C=O) groups is 1. The molecule has 1 rings (SSSR count). The minimum atomic E-state index is 0.287.